The average Bonchev–Trinajstić information content (AvgIpc) is 2.87. The molecule has 0 aliphatic heterocycles. The van der Waals surface area contributed by atoms with Crippen LogP contribution in [-0.2, 0) is 11.3 Å². The van der Waals surface area contributed by atoms with Crippen LogP contribution in [0.15, 0.2) is 17.5 Å². The lowest BCUT2D eigenvalue weighted by molar-refractivity contribution is -0.139. The van der Waals surface area contributed by atoms with Gasteiger partial charge < -0.3 is 10.6 Å². The first kappa shape index (κ1) is 14.5. The standard InChI is InChI=1S/C15H24N2OS/c1-11(2)17(10-14-7-4-8-19-14)15(18)12-5-3-6-13(16)9-12/h4,7-8,11-13H,3,5-6,9-10,16H2,1-2H3. The van der Waals surface area contributed by atoms with Crippen molar-refractivity contribution in [2.75, 3.05) is 0 Å². The van der Waals surface area contributed by atoms with Crippen LogP contribution in [0, 0.1) is 5.92 Å². The lowest BCUT2D eigenvalue weighted by Gasteiger charge is -2.33. The van der Waals surface area contributed by atoms with Crippen molar-refractivity contribution in [3.8, 4) is 0 Å². The highest BCUT2D eigenvalue weighted by Crippen LogP contribution is 2.26. The highest BCUT2D eigenvalue weighted by molar-refractivity contribution is 7.09. The molecule has 2 rings (SSSR count). The number of amides is 1. The molecule has 1 aromatic rings. The molecule has 1 aliphatic carbocycles. The summed E-state index contributed by atoms with van der Waals surface area (Å²) < 4.78 is 0. The molecule has 2 atom stereocenters. The summed E-state index contributed by atoms with van der Waals surface area (Å²) in [6.45, 7) is 4.92. The molecule has 1 amide bonds. The number of nitrogens with two attached hydrogens (primary N) is 1. The molecule has 2 unspecified atom stereocenters. The van der Waals surface area contributed by atoms with Gasteiger partial charge in [-0.05, 0) is 44.6 Å². The summed E-state index contributed by atoms with van der Waals surface area (Å²) in [5, 5.41) is 2.06. The lowest BCUT2D eigenvalue weighted by atomic mass is 9.85. The smallest absolute Gasteiger partial charge is 0.226 e. The number of hydrogen-bond acceptors (Lipinski definition) is 3. The Balaban J connectivity index is 2.03. The molecule has 1 fully saturated rings. The average molecular weight is 280 g/mol. The van der Waals surface area contributed by atoms with Gasteiger partial charge >= 0.3 is 0 Å². The van der Waals surface area contributed by atoms with E-state index in [1.807, 2.05) is 11.0 Å². The SMILES string of the molecule is CC(C)N(Cc1cccs1)C(=O)C1CCCC(N)C1. The molecule has 19 heavy (non-hydrogen) atoms. The van der Waals surface area contributed by atoms with Gasteiger partial charge in [0, 0.05) is 22.9 Å². The number of carbonyl (C=O) groups is 1. The van der Waals surface area contributed by atoms with Gasteiger partial charge in [-0.3, -0.25) is 4.79 Å². The van der Waals surface area contributed by atoms with Crippen LogP contribution in [0.3, 0.4) is 0 Å². The van der Waals surface area contributed by atoms with E-state index in [4.69, 9.17) is 5.73 Å². The Morgan fingerprint density at radius 3 is 2.89 bits per heavy atom. The monoisotopic (exact) mass is 280 g/mol. The summed E-state index contributed by atoms with van der Waals surface area (Å²) in [5.74, 6) is 0.421. The van der Waals surface area contributed by atoms with E-state index in [-0.39, 0.29) is 18.0 Å². The second-order valence-corrected chi connectivity index (χ2v) is 6.80. The molecule has 0 saturated heterocycles. The summed E-state index contributed by atoms with van der Waals surface area (Å²) in [5.41, 5.74) is 6.01. The molecule has 0 radical (unpaired) electrons. The summed E-state index contributed by atoms with van der Waals surface area (Å²) in [6.07, 6.45) is 4.01. The largest absolute Gasteiger partial charge is 0.335 e. The van der Waals surface area contributed by atoms with Gasteiger partial charge in [0.15, 0.2) is 0 Å². The third-order valence-electron chi connectivity index (χ3n) is 3.88. The van der Waals surface area contributed by atoms with Gasteiger partial charge in [0.1, 0.15) is 0 Å². The Bertz CT molecular complexity index is 402. The molecular weight excluding hydrogens is 256 g/mol. The highest BCUT2D eigenvalue weighted by Gasteiger charge is 2.30. The maximum Gasteiger partial charge on any atom is 0.226 e. The molecule has 106 valence electrons. The fourth-order valence-electron chi connectivity index (χ4n) is 2.77. The minimum absolute atomic E-state index is 0.131. The van der Waals surface area contributed by atoms with Crippen LogP contribution in [0.25, 0.3) is 0 Å². The number of thiophene rings is 1. The van der Waals surface area contributed by atoms with Gasteiger partial charge in [-0.15, -0.1) is 11.3 Å². The minimum Gasteiger partial charge on any atom is -0.335 e. The first-order valence-electron chi connectivity index (χ1n) is 7.16. The van der Waals surface area contributed by atoms with Crippen LogP contribution in [0.1, 0.15) is 44.4 Å². The molecule has 1 heterocycles. The Morgan fingerprint density at radius 1 is 1.53 bits per heavy atom. The van der Waals surface area contributed by atoms with Crippen molar-refractivity contribution in [2.24, 2.45) is 11.7 Å². The van der Waals surface area contributed by atoms with Gasteiger partial charge in [0.2, 0.25) is 5.91 Å². The summed E-state index contributed by atoms with van der Waals surface area (Å²) in [6, 6.07) is 4.59. The zero-order valence-corrected chi connectivity index (χ0v) is 12.7. The van der Waals surface area contributed by atoms with Crippen molar-refractivity contribution in [2.45, 2.75) is 58.2 Å². The summed E-state index contributed by atoms with van der Waals surface area (Å²) in [4.78, 5) is 15.9. The topological polar surface area (TPSA) is 46.3 Å². The van der Waals surface area contributed by atoms with E-state index >= 15 is 0 Å². The van der Waals surface area contributed by atoms with Crippen molar-refractivity contribution >= 4 is 17.2 Å². The molecule has 3 nitrogen and oxygen atoms in total. The van der Waals surface area contributed by atoms with Crippen LogP contribution in [0.4, 0.5) is 0 Å². The maximum atomic E-state index is 12.7. The highest BCUT2D eigenvalue weighted by atomic mass is 32.1. The van der Waals surface area contributed by atoms with E-state index in [1.54, 1.807) is 11.3 Å². The van der Waals surface area contributed by atoms with Crippen LogP contribution in [0.5, 0.6) is 0 Å². The Morgan fingerprint density at radius 2 is 2.32 bits per heavy atom. The van der Waals surface area contributed by atoms with Gasteiger partial charge in [0.25, 0.3) is 0 Å². The van der Waals surface area contributed by atoms with Crippen LogP contribution >= 0.6 is 11.3 Å². The number of carbonyl (C=O) groups excluding carboxylic acids is 1. The van der Waals surface area contributed by atoms with E-state index < -0.39 is 0 Å². The van der Waals surface area contributed by atoms with Gasteiger partial charge in [-0.25, -0.2) is 0 Å². The normalized spacial score (nSPS) is 23.6. The maximum absolute atomic E-state index is 12.7. The minimum atomic E-state index is 0.131. The molecule has 1 saturated carbocycles. The third kappa shape index (κ3) is 3.80. The quantitative estimate of drug-likeness (QED) is 0.921. The molecule has 0 aromatic carbocycles. The lowest BCUT2D eigenvalue weighted by Crippen LogP contribution is -2.43. The Kier molecular flexibility index (Phi) is 4.99. The predicted molar refractivity (Wildman–Crippen MR) is 79.9 cm³/mol. The second-order valence-electron chi connectivity index (χ2n) is 5.76. The molecule has 0 bridgehead atoms. The third-order valence-corrected chi connectivity index (χ3v) is 4.74. The van der Waals surface area contributed by atoms with Gasteiger partial charge in [0.05, 0.1) is 6.54 Å². The Labute approximate surface area is 119 Å². The first-order valence-corrected chi connectivity index (χ1v) is 8.04. The number of nitrogens with zero attached hydrogens (tertiary/aromatic N) is 1. The molecule has 2 N–H and O–H groups in total. The molecule has 1 aliphatic rings. The van der Waals surface area contributed by atoms with E-state index in [0.29, 0.717) is 5.91 Å². The van der Waals surface area contributed by atoms with E-state index in [1.165, 1.54) is 4.88 Å². The van der Waals surface area contributed by atoms with Crippen LogP contribution in [-0.4, -0.2) is 22.9 Å². The van der Waals surface area contributed by atoms with Crippen molar-refractivity contribution in [1.29, 1.82) is 0 Å². The molecule has 0 spiro atoms. The number of rotatable bonds is 4. The van der Waals surface area contributed by atoms with Crippen molar-refractivity contribution in [3.63, 3.8) is 0 Å². The van der Waals surface area contributed by atoms with Crippen molar-refractivity contribution in [3.05, 3.63) is 22.4 Å². The zero-order chi connectivity index (χ0) is 13.8. The van der Waals surface area contributed by atoms with Crippen LogP contribution < -0.4 is 5.73 Å². The summed E-state index contributed by atoms with van der Waals surface area (Å²) in [7, 11) is 0. The molecular formula is C15H24N2OS. The van der Waals surface area contributed by atoms with Crippen molar-refractivity contribution < 1.29 is 4.79 Å². The molecule has 4 heteroatoms. The van der Waals surface area contributed by atoms with Gasteiger partial charge in [-0.2, -0.15) is 0 Å². The van der Waals surface area contributed by atoms with E-state index in [0.717, 1.165) is 32.2 Å². The van der Waals surface area contributed by atoms with Crippen molar-refractivity contribution in [1.82, 2.24) is 4.90 Å². The fraction of sp³-hybridized carbons (Fsp3) is 0.667. The van der Waals surface area contributed by atoms with E-state index in [9.17, 15) is 4.79 Å². The Hall–Kier alpha value is -0.870. The van der Waals surface area contributed by atoms with Crippen LogP contribution in [0.2, 0.25) is 0 Å². The molecule has 1 aromatic heterocycles. The predicted octanol–water partition coefficient (Wildman–Crippen LogP) is 3.00. The van der Waals surface area contributed by atoms with E-state index in [2.05, 4.69) is 25.3 Å². The van der Waals surface area contributed by atoms with Gasteiger partial charge in [-0.1, -0.05) is 12.5 Å². The number of hydrogen-bond donors (Lipinski definition) is 1. The zero-order valence-electron chi connectivity index (χ0n) is 11.8. The fourth-order valence-corrected chi connectivity index (χ4v) is 3.47. The first-order chi connectivity index (χ1) is 9.08. The summed E-state index contributed by atoms with van der Waals surface area (Å²) >= 11 is 1.71. The second kappa shape index (κ2) is 6.53.